The predicted octanol–water partition coefficient (Wildman–Crippen LogP) is 4.21. The van der Waals surface area contributed by atoms with E-state index in [0.29, 0.717) is 0 Å². The molecule has 0 aliphatic heterocycles. The molecule has 0 aliphatic carbocycles. The minimum absolute atomic E-state index is 0.219. The largest absolute Gasteiger partial charge is 0.491 e. The molecule has 0 saturated heterocycles. The fraction of sp³-hybridized carbons (Fsp3) is 0.556. The van der Waals surface area contributed by atoms with Crippen molar-refractivity contribution in [2.45, 2.75) is 52.7 Å². The van der Waals surface area contributed by atoms with Crippen LogP contribution >= 0.6 is 0 Å². The highest BCUT2D eigenvalue weighted by Gasteiger charge is 2.04. The van der Waals surface area contributed by atoms with Crippen molar-refractivity contribution in [2.75, 3.05) is 13.1 Å². The van der Waals surface area contributed by atoms with Crippen LogP contribution in [0, 0.1) is 0 Å². The highest BCUT2D eigenvalue weighted by atomic mass is 16.5. The van der Waals surface area contributed by atoms with Crippen molar-refractivity contribution in [3.63, 3.8) is 0 Å². The lowest BCUT2D eigenvalue weighted by Crippen LogP contribution is -2.20. The molecule has 1 heterocycles. The number of fused-ring (bicyclic) bond motifs is 1. The summed E-state index contributed by atoms with van der Waals surface area (Å²) in [5, 5.41) is 4.76. The Hall–Kier alpha value is -1.48. The first-order chi connectivity index (χ1) is 10.2. The molecule has 0 amide bonds. The highest BCUT2D eigenvalue weighted by Crippen LogP contribution is 2.22. The van der Waals surface area contributed by atoms with E-state index in [-0.39, 0.29) is 6.10 Å². The summed E-state index contributed by atoms with van der Waals surface area (Å²) in [6.07, 6.45) is 6.26. The van der Waals surface area contributed by atoms with Crippen LogP contribution in [0.25, 0.3) is 10.9 Å². The molecule has 0 unspecified atom stereocenters. The number of unbranched alkanes of at least 4 members (excludes halogenated alkanes) is 2. The van der Waals surface area contributed by atoms with Crippen LogP contribution < -0.4 is 10.1 Å². The van der Waals surface area contributed by atoms with Gasteiger partial charge in [-0.15, -0.1) is 0 Å². The zero-order chi connectivity index (χ0) is 15.1. The molecule has 0 bridgehead atoms. The summed E-state index contributed by atoms with van der Waals surface area (Å²) >= 11 is 0. The molecule has 3 nitrogen and oxygen atoms in total. The maximum atomic E-state index is 5.75. The molecule has 0 atom stereocenters. The zero-order valence-electron chi connectivity index (χ0n) is 13.6. The SMILES string of the molecule is CCCCCNCCn1ccc2cc(OC(C)C)ccc21. The lowest BCUT2D eigenvalue weighted by atomic mass is 10.2. The van der Waals surface area contributed by atoms with Crippen molar-refractivity contribution < 1.29 is 4.74 Å². The van der Waals surface area contributed by atoms with Crippen molar-refractivity contribution in [1.29, 1.82) is 0 Å². The molecule has 1 N–H and O–H groups in total. The lowest BCUT2D eigenvalue weighted by molar-refractivity contribution is 0.243. The summed E-state index contributed by atoms with van der Waals surface area (Å²) in [5.41, 5.74) is 1.28. The Morgan fingerprint density at radius 3 is 2.76 bits per heavy atom. The van der Waals surface area contributed by atoms with E-state index in [0.717, 1.165) is 25.4 Å². The molecule has 0 fully saturated rings. The van der Waals surface area contributed by atoms with Gasteiger partial charge in [-0.1, -0.05) is 19.8 Å². The van der Waals surface area contributed by atoms with Crippen LogP contribution in [0.5, 0.6) is 5.75 Å². The number of hydrogen-bond acceptors (Lipinski definition) is 2. The van der Waals surface area contributed by atoms with E-state index >= 15 is 0 Å². The maximum Gasteiger partial charge on any atom is 0.120 e. The molecule has 21 heavy (non-hydrogen) atoms. The average Bonchev–Trinajstić information content (AvgIpc) is 2.84. The molecule has 2 aromatic rings. The minimum Gasteiger partial charge on any atom is -0.491 e. The van der Waals surface area contributed by atoms with Crippen LogP contribution in [0.2, 0.25) is 0 Å². The molecule has 2 rings (SSSR count). The number of hydrogen-bond donors (Lipinski definition) is 1. The molecule has 3 heteroatoms. The minimum atomic E-state index is 0.219. The number of nitrogens with zero attached hydrogens (tertiary/aromatic N) is 1. The molecule has 0 spiro atoms. The van der Waals surface area contributed by atoms with Gasteiger partial charge in [0.1, 0.15) is 5.75 Å². The normalized spacial score (nSPS) is 11.4. The fourth-order valence-electron chi connectivity index (χ4n) is 2.54. The first-order valence-corrected chi connectivity index (χ1v) is 8.17. The van der Waals surface area contributed by atoms with Crippen LogP contribution in [0.4, 0.5) is 0 Å². The van der Waals surface area contributed by atoms with Gasteiger partial charge < -0.3 is 14.6 Å². The molecular formula is C18H28N2O. The van der Waals surface area contributed by atoms with Crippen molar-refractivity contribution in [3.8, 4) is 5.75 Å². The van der Waals surface area contributed by atoms with E-state index in [4.69, 9.17) is 4.74 Å². The van der Waals surface area contributed by atoms with Crippen molar-refractivity contribution >= 4 is 10.9 Å². The molecule has 0 aliphatic rings. The van der Waals surface area contributed by atoms with E-state index in [9.17, 15) is 0 Å². The Labute approximate surface area is 128 Å². The van der Waals surface area contributed by atoms with Crippen molar-refractivity contribution in [3.05, 3.63) is 30.5 Å². The third-order valence-electron chi connectivity index (χ3n) is 3.60. The number of benzene rings is 1. The van der Waals surface area contributed by atoms with Gasteiger partial charge in [-0.05, 0) is 51.1 Å². The van der Waals surface area contributed by atoms with E-state index in [1.165, 1.54) is 30.2 Å². The Kier molecular flexibility index (Phi) is 6.12. The van der Waals surface area contributed by atoms with Gasteiger partial charge in [-0.3, -0.25) is 0 Å². The molecule has 116 valence electrons. The summed E-state index contributed by atoms with van der Waals surface area (Å²) < 4.78 is 8.05. The van der Waals surface area contributed by atoms with Crippen LogP contribution in [0.1, 0.15) is 40.0 Å². The average molecular weight is 288 g/mol. The van der Waals surface area contributed by atoms with E-state index < -0.39 is 0 Å². The highest BCUT2D eigenvalue weighted by molar-refractivity contribution is 5.81. The molecular weight excluding hydrogens is 260 g/mol. The molecule has 0 radical (unpaired) electrons. The van der Waals surface area contributed by atoms with E-state index in [2.05, 4.69) is 61.1 Å². The number of rotatable bonds is 9. The topological polar surface area (TPSA) is 26.2 Å². The predicted molar refractivity (Wildman–Crippen MR) is 90.1 cm³/mol. The lowest BCUT2D eigenvalue weighted by Gasteiger charge is -2.10. The molecule has 1 aromatic heterocycles. The summed E-state index contributed by atoms with van der Waals surface area (Å²) in [5.74, 6) is 0.952. The van der Waals surface area contributed by atoms with Gasteiger partial charge in [-0.25, -0.2) is 0 Å². The first-order valence-electron chi connectivity index (χ1n) is 8.17. The number of aromatic nitrogens is 1. The first kappa shape index (κ1) is 15.9. The smallest absolute Gasteiger partial charge is 0.120 e. The fourth-order valence-corrected chi connectivity index (χ4v) is 2.54. The summed E-state index contributed by atoms with van der Waals surface area (Å²) in [4.78, 5) is 0. The van der Waals surface area contributed by atoms with E-state index in [1.807, 2.05) is 0 Å². The Morgan fingerprint density at radius 2 is 2.00 bits per heavy atom. The molecule has 1 aromatic carbocycles. The zero-order valence-corrected chi connectivity index (χ0v) is 13.6. The molecule has 0 saturated carbocycles. The van der Waals surface area contributed by atoms with Crippen LogP contribution in [0.15, 0.2) is 30.5 Å². The van der Waals surface area contributed by atoms with Gasteiger partial charge in [-0.2, -0.15) is 0 Å². The van der Waals surface area contributed by atoms with E-state index in [1.54, 1.807) is 0 Å². The Balaban J connectivity index is 1.89. The second kappa shape index (κ2) is 8.08. The van der Waals surface area contributed by atoms with Crippen LogP contribution in [-0.2, 0) is 6.54 Å². The number of nitrogens with one attached hydrogen (secondary N) is 1. The second-order valence-electron chi connectivity index (χ2n) is 5.85. The van der Waals surface area contributed by atoms with Crippen molar-refractivity contribution in [1.82, 2.24) is 9.88 Å². The van der Waals surface area contributed by atoms with Crippen molar-refractivity contribution in [2.24, 2.45) is 0 Å². The summed E-state index contributed by atoms with van der Waals surface area (Å²) in [7, 11) is 0. The van der Waals surface area contributed by atoms with Gasteiger partial charge >= 0.3 is 0 Å². The second-order valence-corrected chi connectivity index (χ2v) is 5.85. The monoisotopic (exact) mass is 288 g/mol. The Morgan fingerprint density at radius 1 is 1.14 bits per heavy atom. The summed E-state index contributed by atoms with van der Waals surface area (Å²) in [6.45, 7) is 9.51. The Bertz CT molecular complexity index is 545. The van der Waals surface area contributed by atoms with Gasteiger partial charge in [0, 0.05) is 30.2 Å². The quantitative estimate of drug-likeness (QED) is 0.700. The third kappa shape index (κ3) is 4.78. The van der Waals surface area contributed by atoms with Gasteiger partial charge in [0.05, 0.1) is 6.10 Å². The van der Waals surface area contributed by atoms with Gasteiger partial charge in [0.2, 0.25) is 0 Å². The summed E-state index contributed by atoms with van der Waals surface area (Å²) in [6, 6.07) is 8.51. The van der Waals surface area contributed by atoms with Crippen LogP contribution in [0.3, 0.4) is 0 Å². The number of ether oxygens (including phenoxy) is 1. The van der Waals surface area contributed by atoms with Gasteiger partial charge in [0.15, 0.2) is 0 Å². The van der Waals surface area contributed by atoms with Crippen LogP contribution in [-0.4, -0.2) is 23.8 Å². The standard InChI is InChI=1S/C18H28N2O/c1-4-5-6-10-19-11-13-20-12-9-16-14-17(21-15(2)3)7-8-18(16)20/h7-9,12,14-15,19H,4-6,10-11,13H2,1-3H3. The maximum absolute atomic E-state index is 5.75. The van der Waals surface area contributed by atoms with Gasteiger partial charge in [0.25, 0.3) is 0 Å². The third-order valence-corrected chi connectivity index (χ3v) is 3.60.